The maximum absolute atomic E-state index is 12.0. The molecule has 2 heterocycles. The summed E-state index contributed by atoms with van der Waals surface area (Å²) in [5, 5.41) is 0. The Balaban J connectivity index is 1.90. The lowest BCUT2D eigenvalue weighted by Gasteiger charge is -2.33. The van der Waals surface area contributed by atoms with Gasteiger partial charge >= 0.3 is 5.97 Å². The number of esters is 1. The van der Waals surface area contributed by atoms with Crippen molar-refractivity contribution in [2.75, 3.05) is 18.9 Å². The van der Waals surface area contributed by atoms with Gasteiger partial charge in [0.1, 0.15) is 0 Å². The normalized spacial score (nSPS) is 18.6. The molecule has 0 aliphatic carbocycles. The second-order valence-electron chi connectivity index (χ2n) is 4.80. The number of nitrogens with two attached hydrogens (primary N) is 1. The fourth-order valence-electron chi connectivity index (χ4n) is 2.25. The van der Waals surface area contributed by atoms with E-state index in [2.05, 4.69) is 9.97 Å². The van der Waals surface area contributed by atoms with Gasteiger partial charge in [-0.2, -0.15) is 0 Å². The van der Waals surface area contributed by atoms with Crippen molar-refractivity contribution in [3.05, 3.63) is 18.1 Å². The van der Waals surface area contributed by atoms with E-state index in [0.717, 1.165) is 19.3 Å². The molecule has 0 saturated carbocycles. The van der Waals surface area contributed by atoms with Crippen LogP contribution in [0.2, 0.25) is 0 Å². The number of ether oxygens (including phenoxy) is 1. The summed E-state index contributed by atoms with van der Waals surface area (Å²) in [7, 11) is 0. The number of hydrogen-bond donors (Lipinski definition) is 1. The summed E-state index contributed by atoms with van der Waals surface area (Å²) < 4.78 is 4.96. The Bertz CT molecular complexity index is 506. The minimum Gasteiger partial charge on any atom is -0.451 e. The molecule has 1 atom stereocenters. The predicted molar refractivity (Wildman–Crippen MR) is 71.8 cm³/mol. The zero-order valence-corrected chi connectivity index (χ0v) is 11.4. The summed E-state index contributed by atoms with van der Waals surface area (Å²) in [5.41, 5.74) is 5.46. The maximum atomic E-state index is 12.0. The average molecular weight is 278 g/mol. The van der Waals surface area contributed by atoms with Gasteiger partial charge in [-0.25, -0.2) is 14.8 Å². The molecular formula is C13H18N4O3. The average Bonchev–Trinajstić information content (AvgIpc) is 2.45. The standard InChI is InChI=1S/C13H18N4O3/c1-9-4-2-3-7-17(9)10(18)8-20-13(19)11-12(14)16-6-5-15-11/h5-6,9H,2-4,7-8H2,1H3,(H2,14,16). The van der Waals surface area contributed by atoms with Crippen LogP contribution in [0, 0.1) is 0 Å². The minimum atomic E-state index is -0.728. The molecule has 0 radical (unpaired) electrons. The van der Waals surface area contributed by atoms with Crippen LogP contribution in [-0.4, -0.2) is 45.9 Å². The lowest BCUT2D eigenvalue weighted by atomic mass is 10.0. The number of carbonyl (C=O) groups excluding carboxylic acids is 2. The Morgan fingerprint density at radius 2 is 2.15 bits per heavy atom. The number of anilines is 1. The predicted octanol–water partition coefficient (Wildman–Crippen LogP) is 0.617. The minimum absolute atomic E-state index is 0.00344. The molecule has 1 amide bonds. The number of hydrogen-bond acceptors (Lipinski definition) is 6. The number of nitrogen functional groups attached to an aromatic ring is 1. The van der Waals surface area contributed by atoms with Crippen molar-refractivity contribution in [1.82, 2.24) is 14.9 Å². The first kappa shape index (κ1) is 14.2. The van der Waals surface area contributed by atoms with Crippen LogP contribution >= 0.6 is 0 Å². The third kappa shape index (κ3) is 3.23. The fourth-order valence-corrected chi connectivity index (χ4v) is 2.25. The van der Waals surface area contributed by atoms with Crippen LogP contribution in [0.5, 0.6) is 0 Å². The summed E-state index contributed by atoms with van der Waals surface area (Å²) in [6.07, 6.45) is 5.83. The maximum Gasteiger partial charge on any atom is 0.361 e. The largest absolute Gasteiger partial charge is 0.451 e. The van der Waals surface area contributed by atoms with Crippen LogP contribution in [-0.2, 0) is 9.53 Å². The van der Waals surface area contributed by atoms with Crippen molar-refractivity contribution in [3.63, 3.8) is 0 Å². The zero-order chi connectivity index (χ0) is 14.5. The van der Waals surface area contributed by atoms with Crippen LogP contribution in [0.1, 0.15) is 36.7 Å². The first-order valence-corrected chi connectivity index (χ1v) is 6.62. The molecule has 1 aromatic rings. The van der Waals surface area contributed by atoms with Crippen LogP contribution in [0.25, 0.3) is 0 Å². The van der Waals surface area contributed by atoms with Gasteiger partial charge in [-0.15, -0.1) is 0 Å². The number of aromatic nitrogens is 2. The lowest BCUT2D eigenvalue weighted by molar-refractivity contribution is -0.137. The number of rotatable bonds is 3. The van der Waals surface area contributed by atoms with Gasteiger partial charge in [0.25, 0.3) is 5.91 Å². The number of likely N-dealkylation sites (tertiary alicyclic amines) is 1. The molecule has 1 fully saturated rings. The number of nitrogens with zero attached hydrogens (tertiary/aromatic N) is 3. The van der Waals surface area contributed by atoms with Crippen molar-refractivity contribution in [3.8, 4) is 0 Å². The Morgan fingerprint density at radius 1 is 1.40 bits per heavy atom. The van der Waals surface area contributed by atoms with E-state index in [1.54, 1.807) is 4.90 Å². The van der Waals surface area contributed by atoms with Crippen molar-refractivity contribution in [1.29, 1.82) is 0 Å². The van der Waals surface area contributed by atoms with E-state index in [1.165, 1.54) is 12.4 Å². The highest BCUT2D eigenvalue weighted by molar-refractivity contribution is 5.93. The smallest absolute Gasteiger partial charge is 0.361 e. The van der Waals surface area contributed by atoms with E-state index < -0.39 is 5.97 Å². The molecule has 7 heteroatoms. The third-order valence-electron chi connectivity index (χ3n) is 3.37. The highest BCUT2D eigenvalue weighted by atomic mass is 16.5. The lowest BCUT2D eigenvalue weighted by Crippen LogP contribution is -2.44. The Hall–Kier alpha value is -2.18. The van der Waals surface area contributed by atoms with Crippen molar-refractivity contribution in [2.24, 2.45) is 0 Å². The summed E-state index contributed by atoms with van der Waals surface area (Å²) >= 11 is 0. The van der Waals surface area contributed by atoms with Gasteiger partial charge in [-0.05, 0) is 26.2 Å². The van der Waals surface area contributed by atoms with Gasteiger partial charge in [-0.3, -0.25) is 4.79 Å². The van der Waals surface area contributed by atoms with Crippen molar-refractivity contribution < 1.29 is 14.3 Å². The molecular weight excluding hydrogens is 260 g/mol. The Labute approximate surface area is 117 Å². The second kappa shape index (κ2) is 6.31. The van der Waals surface area contributed by atoms with E-state index in [1.807, 2.05) is 6.92 Å². The molecule has 1 aromatic heterocycles. The van der Waals surface area contributed by atoms with Gasteiger partial charge in [0.05, 0.1) is 0 Å². The number of carbonyl (C=O) groups is 2. The molecule has 0 bridgehead atoms. The second-order valence-corrected chi connectivity index (χ2v) is 4.80. The van der Waals surface area contributed by atoms with Gasteiger partial charge in [0, 0.05) is 25.0 Å². The third-order valence-corrected chi connectivity index (χ3v) is 3.37. The summed E-state index contributed by atoms with van der Waals surface area (Å²) in [4.78, 5) is 33.1. The molecule has 0 spiro atoms. The molecule has 7 nitrogen and oxygen atoms in total. The quantitative estimate of drug-likeness (QED) is 0.814. The van der Waals surface area contributed by atoms with Gasteiger partial charge in [-0.1, -0.05) is 0 Å². The first-order chi connectivity index (χ1) is 9.59. The summed E-state index contributed by atoms with van der Waals surface area (Å²) in [5.74, 6) is -0.919. The van der Waals surface area contributed by atoms with E-state index in [4.69, 9.17) is 10.5 Å². The Morgan fingerprint density at radius 3 is 2.85 bits per heavy atom. The van der Waals surface area contributed by atoms with Crippen molar-refractivity contribution in [2.45, 2.75) is 32.2 Å². The molecule has 1 aliphatic heterocycles. The van der Waals surface area contributed by atoms with E-state index in [-0.39, 0.29) is 30.1 Å². The van der Waals surface area contributed by atoms with Crippen LogP contribution in [0.4, 0.5) is 5.82 Å². The van der Waals surface area contributed by atoms with Gasteiger partial charge in [0.2, 0.25) is 0 Å². The fraction of sp³-hybridized carbons (Fsp3) is 0.538. The van der Waals surface area contributed by atoms with E-state index in [0.29, 0.717) is 6.54 Å². The molecule has 1 unspecified atom stereocenters. The van der Waals surface area contributed by atoms with Crippen LogP contribution < -0.4 is 5.73 Å². The molecule has 1 aliphatic rings. The SMILES string of the molecule is CC1CCCCN1C(=O)COC(=O)c1nccnc1N. The van der Waals surface area contributed by atoms with Crippen LogP contribution in [0.15, 0.2) is 12.4 Å². The molecule has 2 N–H and O–H groups in total. The van der Waals surface area contributed by atoms with E-state index >= 15 is 0 Å². The molecule has 20 heavy (non-hydrogen) atoms. The molecule has 0 aromatic carbocycles. The van der Waals surface area contributed by atoms with Crippen LogP contribution in [0.3, 0.4) is 0 Å². The zero-order valence-electron chi connectivity index (χ0n) is 11.4. The highest BCUT2D eigenvalue weighted by Gasteiger charge is 2.24. The topological polar surface area (TPSA) is 98.4 Å². The van der Waals surface area contributed by atoms with Gasteiger partial charge in [0.15, 0.2) is 18.1 Å². The molecule has 2 rings (SSSR count). The number of amides is 1. The number of piperidine rings is 1. The Kier molecular flexibility index (Phi) is 4.49. The molecule has 1 saturated heterocycles. The first-order valence-electron chi connectivity index (χ1n) is 6.62. The van der Waals surface area contributed by atoms with Crippen molar-refractivity contribution >= 4 is 17.7 Å². The summed E-state index contributed by atoms with van der Waals surface area (Å²) in [6, 6.07) is 0.191. The highest BCUT2D eigenvalue weighted by Crippen LogP contribution is 2.16. The molecule has 108 valence electrons. The monoisotopic (exact) mass is 278 g/mol. The van der Waals surface area contributed by atoms with Gasteiger partial charge < -0.3 is 15.4 Å². The summed E-state index contributed by atoms with van der Waals surface area (Å²) in [6.45, 7) is 2.42. The van der Waals surface area contributed by atoms with E-state index in [9.17, 15) is 9.59 Å².